The van der Waals surface area contributed by atoms with E-state index in [1.165, 1.54) is 7.11 Å². The van der Waals surface area contributed by atoms with E-state index in [9.17, 15) is 14.4 Å². The molecule has 164 valence electrons. The van der Waals surface area contributed by atoms with Crippen molar-refractivity contribution < 1.29 is 38.1 Å². The van der Waals surface area contributed by atoms with Crippen molar-refractivity contribution in [2.75, 3.05) is 13.9 Å². The summed E-state index contributed by atoms with van der Waals surface area (Å²) in [6.07, 6.45) is -1.99. The fourth-order valence-corrected chi connectivity index (χ4v) is 3.42. The topological polar surface area (TPSA) is 101 Å². The van der Waals surface area contributed by atoms with E-state index < -0.39 is 34.9 Å². The zero-order chi connectivity index (χ0) is 22.5. The zero-order valence-electron chi connectivity index (χ0n) is 18.3. The third kappa shape index (κ3) is 3.76. The highest BCUT2D eigenvalue weighted by atomic mass is 16.7. The molecule has 0 N–H and O–H groups in total. The van der Waals surface area contributed by atoms with Gasteiger partial charge in [0, 0.05) is 6.42 Å². The van der Waals surface area contributed by atoms with Gasteiger partial charge >= 0.3 is 18.2 Å². The maximum absolute atomic E-state index is 13.1. The van der Waals surface area contributed by atoms with Crippen molar-refractivity contribution in [1.82, 2.24) is 4.90 Å². The van der Waals surface area contributed by atoms with E-state index in [0.29, 0.717) is 22.0 Å². The monoisotopic (exact) mass is 421 g/mol. The first-order chi connectivity index (χ1) is 13.8. The largest absolute Gasteiger partial charge is 0.467 e. The summed E-state index contributed by atoms with van der Waals surface area (Å²) < 4.78 is 26.7. The Labute approximate surface area is 175 Å². The van der Waals surface area contributed by atoms with E-state index in [0.717, 1.165) is 5.56 Å². The first kappa shape index (κ1) is 21.7. The van der Waals surface area contributed by atoms with Crippen molar-refractivity contribution >= 4 is 18.2 Å². The molecule has 0 aromatic heterocycles. The van der Waals surface area contributed by atoms with Crippen molar-refractivity contribution in [3.63, 3.8) is 0 Å². The number of esters is 1. The standard InChI is InChI=1S/C21H27NO8/c1-19(2,3)29-17(24)22(18(25)30-20(4,5)6)21(16(23)26-7)10-12-8-14-15(9-13(12)21)28-11-27-14/h8-9H,10-11H2,1-7H3. The summed E-state index contributed by atoms with van der Waals surface area (Å²) in [6.45, 7) is 10.0. The van der Waals surface area contributed by atoms with Crippen LogP contribution in [-0.4, -0.2) is 48.2 Å². The number of rotatable bonds is 2. The first-order valence-electron chi connectivity index (χ1n) is 9.56. The number of fused-ring (bicyclic) bond motifs is 2. The molecular formula is C21H27NO8. The van der Waals surface area contributed by atoms with Crippen LogP contribution in [0.5, 0.6) is 11.5 Å². The van der Waals surface area contributed by atoms with Crippen LogP contribution in [0.2, 0.25) is 0 Å². The van der Waals surface area contributed by atoms with E-state index in [1.807, 2.05) is 0 Å². The van der Waals surface area contributed by atoms with Gasteiger partial charge in [-0.3, -0.25) is 0 Å². The van der Waals surface area contributed by atoms with Gasteiger partial charge in [0.1, 0.15) is 11.2 Å². The molecule has 0 fully saturated rings. The van der Waals surface area contributed by atoms with Crippen LogP contribution in [0.3, 0.4) is 0 Å². The molecule has 3 rings (SSSR count). The molecule has 2 amide bonds. The Morgan fingerprint density at radius 3 is 1.90 bits per heavy atom. The van der Waals surface area contributed by atoms with Gasteiger partial charge in [0.25, 0.3) is 0 Å². The number of carbonyl (C=O) groups is 3. The third-order valence-corrected chi connectivity index (χ3v) is 4.55. The minimum atomic E-state index is -1.74. The predicted molar refractivity (Wildman–Crippen MR) is 104 cm³/mol. The molecule has 1 aromatic carbocycles. The van der Waals surface area contributed by atoms with E-state index in [-0.39, 0.29) is 13.2 Å². The number of amides is 2. The maximum Gasteiger partial charge on any atom is 0.421 e. The molecule has 0 saturated carbocycles. The molecule has 0 spiro atoms. The van der Waals surface area contributed by atoms with Gasteiger partial charge in [-0.05, 0) is 64.8 Å². The van der Waals surface area contributed by atoms with Crippen molar-refractivity contribution in [3.8, 4) is 11.5 Å². The van der Waals surface area contributed by atoms with Gasteiger partial charge in [0.2, 0.25) is 6.79 Å². The Balaban J connectivity index is 2.13. The average Bonchev–Trinajstić information content (AvgIpc) is 3.02. The van der Waals surface area contributed by atoms with Crippen molar-refractivity contribution in [3.05, 3.63) is 23.3 Å². The number of ether oxygens (including phenoxy) is 5. The van der Waals surface area contributed by atoms with E-state index in [1.54, 1.807) is 53.7 Å². The fraction of sp³-hybridized carbons (Fsp3) is 0.571. The molecule has 1 heterocycles. The molecule has 1 aliphatic heterocycles. The lowest BCUT2D eigenvalue weighted by molar-refractivity contribution is -0.157. The molecule has 1 aliphatic carbocycles. The van der Waals surface area contributed by atoms with E-state index >= 15 is 0 Å². The summed E-state index contributed by atoms with van der Waals surface area (Å²) in [6, 6.07) is 3.31. The lowest BCUT2D eigenvalue weighted by Gasteiger charge is -2.47. The Morgan fingerprint density at radius 1 is 0.933 bits per heavy atom. The Bertz CT molecular complexity index is 867. The molecular weight excluding hydrogens is 394 g/mol. The number of imide groups is 1. The molecule has 0 radical (unpaired) electrons. The van der Waals surface area contributed by atoms with Crippen LogP contribution in [0, 0.1) is 0 Å². The van der Waals surface area contributed by atoms with Gasteiger partial charge in [0.05, 0.1) is 7.11 Å². The first-order valence-corrected chi connectivity index (χ1v) is 9.56. The minimum absolute atomic E-state index is 0.0319. The Morgan fingerprint density at radius 2 is 1.43 bits per heavy atom. The van der Waals surface area contributed by atoms with Gasteiger partial charge in [-0.2, -0.15) is 4.90 Å². The van der Waals surface area contributed by atoms with Crippen LogP contribution in [0.1, 0.15) is 52.7 Å². The smallest absolute Gasteiger partial charge is 0.421 e. The molecule has 2 aliphatic rings. The molecule has 9 nitrogen and oxygen atoms in total. The van der Waals surface area contributed by atoms with Crippen LogP contribution in [0.15, 0.2) is 12.1 Å². The van der Waals surface area contributed by atoms with Crippen LogP contribution in [-0.2, 0) is 31.0 Å². The number of nitrogens with zero attached hydrogens (tertiary/aromatic N) is 1. The Kier molecular flexibility index (Phi) is 5.12. The third-order valence-electron chi connectivity index (χ3n) is 4.55. The molecule has 0 bridgehead atoms. The molecule has 1 atom stereocenters. The average molecular weight is 421 g/mol. The fourth-order valence-electron chi connectivity index (χ4n) is 3.42. The normalized spacial score (nSPS) is 19.3. The van der Waals surface area contributed by atoms with Gasteiger partial charge in [-0.25, -0.2) is 14.4 Å². The van der Waals surface area contributed by atoms with Crippen LogP contribution >= 0.6 is 0 Å². The molecule has 30 heavy (non-hydrogen) atoms. The van der Waals surface area contributed by atoms with E-state index in [2.05, 4.69) is 0 Å². The quantitative estimate of drug-likeness (QED) is 0.528. The van der Waals surface area contributed by atoms with Gasteiger partial charge < -0.3 is 23.7 Å². The highest BCUT2D eigenvalue weighted by molar-refractivity contribution is 5.99. The van der Waals surface area contributed by atoms with Gasteiger partial charge in [-0.15, -0.1) is 0 Å². The Hall–Kier alpha value is -2.97. The molecule has 1 aromatic rings. The molecule has 1 unspecified atom stereocenters. The predicted octanol–water partition coefficient (Wildman–Crippen LogP) is 3.51. The summed E-state index contributed by atoms with van der Waals surface area (Å²) in [4.78, 5) is 40.0. The van der Waals surface area contributed by atoms with Gasteiger partial charge in [-0.1, -0.05) is 0 Å². The summed E-state index contributed by atoms with van der Waals surface area (Å²) in [5.74, 6) is 0.161. The van der Waals surface area contributed by atoms with E-state index in [4.69, 9.17) is 23.7 Å². The number of hydrogen-bond donors (Lipinski definition) is 0. The molecule has 0 saturated heterocycles. The highest BCUT2D eigenvalue weighted by Gasteiger charge is 2.61. The second-order valence-corrected chi connectivity index (χ2v) is 9.19. The number of methoxy groups -OCH3 is 1. The minimum Gasteiger partial charge on any atom is -0.467 e. The number of hydrogen-bond acceptors (Lipinski definition) is 8. The second kappa shape index (κ2) is 7.07. The summed E-state index contributed by atoms with van der Waals surface area (Å²) >= 11 is 0. The number of benzene rings is 1. The summed E-state index contributed by atoms with van der Waals surface area (Å²) in [5.41, 5.74) is -2.43. The summed E-state index contributed by atoms with van der Waals surface area (Å²) in [5, 5.41) is 0. The van der Waals surface area contributed by atoms with Crippen molar-refractivity contribution in [2.45, 2.75) is 64.7 Å². The van der Waals surface area contributed by atoms with Gasteiger partial charge in [0.15, 0.2) is 17.0 Å². The highest BCUT2D eigenvalue weighted by Crippen LogP contribution is 2.50. The lowest BCUT2D eigenvalue weighted by atomic mass is 9.69. The molecule has 9 heteroatoms. The van der Waals surface area contributed by atoms with Crippen molar-refractivity contribution in [2.24, 2.45) is 0 Å². The van der Waals surface area contributed by atoms with Crippen LogP contribution in [0.25, 0.3) is 0 Å². The lowest BCUT2D eigenvalue weighted by Crippen LogP contribution is -2.64. The van der Waals surface area contributed by atoms with Crippen LogP contribution in [0.4, 0.5) is 9.59 Å². The zero-order valence-corrected chi connectivity index (χ0v) is 18.3. The SMILES string of the molecule is COC(=O)C1(N(C(=O)OC(C)(C)C)C(=O)OC(C)(C)C)Cc2cc3c(cc21)OCO3. The summed E-state index contributed by atoms with van der Waals surface area (Å²) in [7, 11) is 1.19. The maximum atomic E-state index is 13.1. The van der Waals surface area contributed by atoms with Crippen LogP contribution < -0.4 is 9.47 Å². The van der Waals surface area contributed by atoms with Crippen molar-refractivity contribution in [1.29, 1.82) is 0 Å². The number of carbonyl (C=O) groups excluding carboxylic acids is 3. The second-order valence-electron chi connectivity index (χ2n) is 9.19.